The Bertz CT molecular complexity index is 871. The summed E-state index contributed by atoms with van der Waals surface area (Å²) in [6.07, 6.45) is 37.2. The molecule has 0 saturated heterocycles. The summed E-state index contributed by atoms with van der Waals surface area (Å²) in [6.45, 7) is 3.80. The molecule has 3 unspecified atom stereocenters. The molecule has 0 fully saturated rings. The van der Waals surface area contributed by atoms with E-state index in [0.717, 1.165) is 70.6 Å². The van der Waals surface area contributed by atoms with Crippen LogP contribution in [0.3, 0.4) is 0 Å². The third-order valence-electron chi connectivity index (χ3n) is 6.89. The number of nitrogens with one attached hydrogen (secondary N) is 1. The van der Waals surface area contributed by atoms with Gasteiger partial charge in [0.25, 0.3) is 0 Å². The van der Waals surface area contributed by atoms with Crippen LogP contribution < -0.4 is 11.1 Å². The fraction of sp³-hybridized carbons (Fsp3) is 0.686. The first kappa shape index (κ1) is 42.2. The van der Waals surface area contributed by atoms with Crippen molar-refractivity contribution in [2.45, 2.75) is 135 Å². The summed E-state index contributed by atoms with van der Waals surface area (Å²) in [4.78, 5) is 22.5. The van der Waals surface area contributed by atoms with E-state index < -0.39 is 20.0 Å². The number of phosphoric acid groups is 1. The van der Waals surface area contributed by atoms with Gasteiger partial charge >= 0.3 is 7.82 Å². The number of unbranched alkanes of at least 4 members (excludes halogenated alkanes) is 11. The van der Waals surface area contributed by atoms with Gasteiger partial charge < -0.3 is 21.1 Å². The molecule has 0 aromatic carbocycles. The molecule has 254 valence electrons. The van der Waals surface area contributed by atoms with Gasteiger partial charge in [0.15, 0.2) is 0 Å². The molecular weight excluding hydrogens is 575 g/mol. The molecule has 0 aliphatic heterocycles. The van der Waals surface area contributed by atoms with Gasteiger partial charge in [-0.2, -0.15) is 0 Å². The van der Waals surface area contributed by atoms with Gasteiger partial charge in [0.1, 0.15) is 0 Å². The molecule has 9 heteroatoms. The van der Waals surface area contributed by atoms with Crippen LogP contribution in [0, 0.1) is 0 Å². The average Bonchev–Trinajstić information content (AvgIpc) is 3.01. The van der Waals surface area contributed by atoms with Crippen molar-refractivity contribution in [2.24, 2.45) is 5.73 Å². The van der Waals surface area contributed by atoms with E-state index in [2.05, 4.69) is 54.8 Å². The monoisotopic (exact) mass is 638 g/mol. The van der Waals surface area contributed by atoms with Crippen molar-refractivity contribution in [3.8, 4) is 0 Å². The maximum Gasteiger partial charge on any atom is 0.472 e. The van der Waals surface area contributed by atoms with E-state index in [1.54, 1.807) is 6.08 Å². The molecule has 44 heavy (non-hydrogen) atoms. The Labute approximate surface area is 268 Å². The number of nitrogens with two attached hydrogens (primary N) is 1. The SMILES string of the molecule is C/C=C/CC/C=C/CC/C=C/C(O)C(COP(=O)(O)OCCN)NC(=O)CCCCCCC/C=C\C/C=C\CCCCCC. The second-order valence-corrected chi connectivity index (χ2v) is 12.5. The van der Waals surface area contributed by atoms with Crippen LogP contribution in [0.2, 0.25) is 0 Å². The lowest BCUT2D eigenvalue weighted by molar-refractivity contribution is -0.123. The Balaban J connectivity index is 4.40. The van der Waals surface area contributed by atoms with Gasteiger partial charge in [-0.15, -0.1) is 0 Å². The number of phosphoric ester groups is 1. The van der Waals surface area contributed by atoms with Gasteiger partial charge in [0.2, 0.25) is 5.91 Å². The molecule has 0 saturated carbocycles. The lowest BCUT2D eigenvalue weighted by atomic mass is 10.1. The summed E-state index contributed by atoms with van der Waals surface area (Å²) < 4.78 is 21.9. The number of allylic oxidation sites excluding steroid dienone is 9. The summed E-state index contributed by atoms with van der Waals surface area (Å²) in [5.41, 5.74) is 5.33. The largest absolute Gasteiger partial charge is 0.472 e. The third-order valence-corrected chi connectivity index (χ3v) is 7.87. The van der Waals surface area contributed by atoms with Gasteiger partial charge in [-0.25, -0.2) is 4.57 Å². The standard InChI is InChI=1S/C35H63N2O6P/c1-3-5-7-9-11-13-14-15-16-17-18-19-21-23-25-27-29-35(39)37-33(32-43-44(40,41)42-31-30-36)34(38)28-26-24-22-20-12-10-8-6-4-2/h4,6,12-14,16-17,20,26,28,33-34,38H,3,5,7-11,15,18-19,21-25,27,29-32,36H2,1-2H3,(H,37,39)(H,40,41)/b6-4+,14-13-,17-16-,20-12+,28-26+. The molecule has 0 spiro atoms. The molecule has 5 N–H and O–H groups in total. The first-order valence-electron chi connectivity index (χ1n) is 16.9. The first-order valence-corrected chi connectivity index (χ1v) is 18.4. The normalized spacial score (nSPS) is 15.3. The van der Waals surface area contributed by atoms with Gasteiger partial charge in [-0.1, -0.05) is 106 Å². The molecule has 0 bridgehead atoms. The molecule has 0 aromatic rings. The van der Waals surface area contributed by atoms with E-state index in [9.17, 15) is 19.4 Å². The lowest BCUT2D eigenvalue weighted by Crippen LogP contribution is -2.45. The topological polar surface area (TPSA) is 131 Å². The van der Waals surface area contributed by atoms with E-state index in [4.69, 9.17) is 14.8 Å². The highest BCUT2D eigenvalue weighted by atomic mass is 31.2. The Morgan fingerprint density at radius 1 is 0.795 bits per heavy atom. The van der Waals surface area contributed by atoms with Crippen molar-refractivity contribution in [2.75, 3.05) is 19.8 Å². The molecule has 0 aliphatic carbocycles. The van der Waals surface area contributed by atoms with E-state index in [1.807, 2.05) is 19.1 Å². The number of hydrogen-bond acceptors (Lipinski definition) is 6. The van der Waals surface area contributed by atoms with Crippen LogP contribution in [0.1, 0.15) is 123 Å². The van der Waals surface area contributed by atoms with Crippen LogP contribution in [0.25, 0.3) is 0 Å². The Hall–Kier alpha value is -1.80. The summed E-state index contributed by atoms with van der Waals surface area (Å²) in [5, 5.41) is 13.5. The van der Waals surface area contributed by atoms with Crippen molar-refractivity contribution in [3.63, 3.8) is 0 Å². The van der Waals surface area contributed by atoms with Gasteiger partial charge in [0, 0.05) is 13.0 Å². The zero-order valence-electron chi connectivity index (χ0n) is 27.6. The van der Waals surface area contributed by atoms with Crippen LogP contribution in [0.5, 0.6) is 0 Å². The lowest BCUT2D eigenvalue weighted by Gasteiger charge is -2.23. The van der Waals surface area contributed by atoms with Crippen LogP contribution >= 0.6 is 7.82 Å². The third kappa shape index (κ3) is 28.9. The zero-order valence-corrected chi connectivity index (χ0v) is 28.5. The predicted octanol–water partition coefficient (Wildman–Crippen LogP) is 8.38. The molecule has 8 nitrogen and oxygen atoms in total. The van der Waals surface area contributed by atoms with Gasteiger partial charge in [0.05, 0.1) is 25.4 Å². The van der Waals surface area contributed by atoms with E-state index in [1.165, 1.54) is 32.1 Å². The highest BCUT2D eigenvalue weighted by molar-refractivity contribution is 7.47. The van der Waals surface area contributed by atoms with E-state index in [0.29, 0.717) is 6.42 Å². The Morgan fingerprint density at radius 2 is 1.36 bits per heavy atom. The summed E-state index contributed by atoms with van der Waals surface area (Å²) in [6, 6.07) is -0.889. The predicted molar refractivity (Wildman–Crippen MR) is 184 cm³/mol. The quantitative estimate of drug-likeness (QED) is 0.0353. The van der Waals surface area contributed by atoms with Crippen LogP contribution in [-0.4, -0.2) is 47.8 Å². The van der Waals surface area contributed by atoms with Crippen molar-refractivity contribution in [3.05, 3.63) is 60.8 Å². The molecule has 0 rings (SSSR count). The van der Waals surface area contributed by atoms with Crippen molar-refractivity contribution in [1.82, 2.24) is 5.32 Å². The Morgan fingerprint density at radius 3 is 2.00 bits per heavy atom. The van der Waals surface area contributed by atoms with Crippen molar-refractivity contribution >= 4 is 13.7 Å². The maximum atomic E-state index is 12.6. The molecule has 0 aliphatic rings. The second kappa shape index (κ2) is 31.2. The number of carbonyl (C=O) groups excluding carboxylic acids is 1. The number of aliphatic hydroxyl groups is 1. The smallest absolute Gasteiger partial charge is 0.387 e. The van der Waals surface area contributed by atoms with Crippen molar-refractivity contribution in [1.29, 1.82) is 0 Å². The summed E-state index contributed by atoms with van der Waals surface area (Å²) in [5.74, 6) is -0.230. The molecule has 3 atom stereocenters. The van der Waals surface area contributed by atoms with Gasteiger partial charge in [-0.05, 0) is 71.1 Å². The molecule has 0 radical (unpaired) electrons. The fourth-order valence-electron chi connectivity index (χ4n) is 4.32. The highest BCUT2D eigenvalue weighted by Gasteiger charge is 2.26. The van der Waals surface area contributed by atoms with E-state index in [-0.39, 0.29) is 25.7 Å². The van der Waals surface area contributed by atoms with Crippen LogP contribution in [-0.2, 0) is 18.4 Å². The molecule has 0 aromatic heterocycles. The number of aliphatic hydroxyl groups excluding tert-OH is 1. The first-order chi connectivity index (χ1) is 21.4. The fourth-order valence-corrected chi connectivity index (χ4v) is 5.07. The van der Waals surface area contributed by atoms with Crippen molar-refractivity contribution < 1.29 is 28.4 Å². The number of hydrogen-bond donors (Lipinski definition) is 4. The van der Waals surface area contributed by atoms with Crippen LogP contribution in [0.4, 0.5) is 0 Å². The number of rotatable bonds is 30. The minimum absolute atomic E-state index is 0.0663. The number of amides is 1. The van der Waals surface area contributed by atoms with E-state index >= 15 is 0 Å². The Kier molecular flexibility index (Phi) is 29.9. The molecular formula is C35H63N2O6P. The minimum Gasteiger partial charge on any atom is -0.387 e. The molecule has 0 heterocycles. The molecule has 1 amide bonds. The zero-order chi connectivity index (χ0) is 32.6. The van der Waals surface area contributed by atoms with Gasteiger partial charge in [-0.3, -0.25) is 13.8 Å². The number of carbonyl (C=O) groups is 1. The van der Waals surface area contributed by atoms with Crippen LogP contribution in [0.15, 0.2) is 60.8 Å². The second-order valence-electron chi connectivity index (χ2n) is 11.0. The summed E-state index contributed by atoms with van der Waals surface area (Å²) in [7, 11) is -4.34. The minimum atomic E-state index is -4.34. The summed E-state index contributed by atoms with van der Waals surface area (Å²) >= 11 is 0. The average molecular weight is 639 g/mol. The highest BCUT2D eigenvalue weighted by Crippen LogP contribution is 2.43. The maximum absolute atomic E-state index is 12.6.